The molecule has 1 aliphatic rings. The molecule has 1 aliphatic heterocycles. The zero-order valence-electron chi connectivity index (χ0n) is 16.4. The van der Waals surface area contributed by atoms with Crippen molar-refractivity contribution in [1.82, 2.24) is 4.72 Å². The highest BCUT2D eigenvalue weighted by Gasteiger charge is 2.19. The lowest BCUT2D eigenvalue weighted by molar-refractivity contribution is -0.142. The number of halogens is 1. The van der Waals surface area contributed by atoms with Gasteiger partial charge in [-0.15, -0.1) is 0 Å². The van der Waals surface area contributed by atoms with Gasteiger partial charge in [0.15, 0.2) is 6.61 Å². The fourth-order valence-corrected chi connectivity index (χ4v) is 4.07. The molecule has 2 N–H and O–H groups in total. The molecule has 0 radical (unpaired) electrons. The maximum atomic E-state index is 12.5. The molecule has 10 heteroatoms. The molecular formula is C21H20ClN3O5S. The Kier molecular flexibility index (Phi) is 7.43. The van der Waals surface area contributed by atoms with E-state index in [9.17, 15) is 18.0 Å². The topological polar surface area (TPSA) is 114 Å². The van der Waals surface area contributed by atoms with E-state index < -0.39 is 28.5 Å². The Balaban J connectivity index is 1.53. The Hall–Kier alpha value is -3.17. The Morgan fingerprint density at radius 2 is 1.97 bits per heavy atom. The number of esters is 1. The largest absolute Gasteiger partial charge is 0.452 e. The van der Waals surface area contributed by atoms with Gasteiger partial charge in [-0.05, 0) is 48.4 Å². The molecule has 0 aromatic heterocycles. The average Bonchev–Trinajstić information content (AvgIpc) is 3.23. The molecule has 0 fully saturated rings. The molecular weight excluding hydrogens is 442 g/mol. The molecule has 0 bridgehead atoms. The van der Waals surface area contributed by atoms with Crippen LogP contribution in [0.1, 0.15) is 18.4 Å². The number of carbonyl (C=O) groups is 2. The first kappa shape index (κ1) is 22.5. The van der Waals surface area contributed by atoms with E-state index in [4.69, 9.17) is 16.3 Å². The van der Waals surface area contributed by atoms with E-state index in [2.05, 4.69) is 15.0 Å². The molecule has 0 unspecified atom stereocenters. The number of nitrogens with zero attached hydrogens (tertiary/aromatic N) is 1. The van der Waals surface area contributed by atoms with Crippen LogP contribution in [0, 0.1) is 0 Å². The molecule has 162 valence electrons. The number of hydrogen-bond acceptors (Lipinski definition) is 6. The van der Waals surface area contributed by atoms with Crippen molar-refractivity contribution in [3.05, 3.63) is 65.2 Å². The third-order valence-corrected chi connectivity index (χ3v) is 5.77. The number of carbonyl (C=O) groups excluding carboxylic acids is 2. The predicted molar refractivity (Wildman–Crippen MR) is 118 cm³/mol. The van der Waals surface area contributed by atoms with Gasteiger partial charge in [0.1, 0.15) is 5.84 Å². The summed E-state index contributed by atoms with van der Waals surface area (Å²) in [7, 11) is -3.80. The first-order valence-corrected chi connectivity index (χ1v) is 11.2. The van der Waals surface area contributed by atoms with E-state index in [1.54, 1.807) is 24.3 Å². The number of anilines is 1. The predicted octanol–water partition coefficient (Wildman–Crippen LogP) is 3.01. The number of hydrogen-bond donors (Lipinski definition) is 2. The van der Waals surface area contributed by atoms with Gasteiger partial charge in [0.25, 0.3) is 15.9 Å². The highest BCUT2D eigenvalue weighted by atomic mass is 35.5. The highest BCUT2D eigenvalue weighted by molar-refractivity contribution is 7.90. The van der Waals surface area contributed by atoms with Crippen LogP contribution in [0.3, 0.4) is 0 Å². The SMILES string of the molecule is O=C(COC(=O)/C=C/c1cccc(Cl)c1)Nc1cccc(S(=O)(=O)NC2=NCCC2)c1. The summed E-state index contributed by atoms with van der Waals surface area (Å²) in [6.07, 6.45) is 4.08. The van der Waals surface area contributed by atoms with E-state index in [0.29, 0.717) is 29.4 Å². The molecule has 0 spiro atoms. The lowest BCUT2D eigenvalue weighted by atomic mass is 10.2. The normalized spacial score (nSPS) is 13.6. The molecule has 31 heavy (non-hydrogen) atoms. The second kappa shape index (κ2) is 10.2. The number of aliphatic imine (C=N–C) groups is 1. The summed E-state index contributed by atoms with van der Waals surface area (Å²) in [6.45, 7) is 0.0751. The minimum atomic E-state index is -3.80. The van der Waals surface area contributed by atoms with Crippen LogP contribution in [0.15, 0.2) is 64.5 Å². The molecule has 8 nitrogen and oxygen atoms in total. The number of rotatable bonds is 7. The molecule has 0 aliphatic carbocycles. The van der Waals surface area contributed by atoms with Crippen LogP contribution in [0.25, 0.3) is 6.08 Å². The van der Waals surface area contributed by atoms with Gasteiger partial charge in [-0.25, -0.2) is 13.2 Å². The van der Waals surface area contributed by atoms with Crippen LogP contribution in [-0.2, 0) is 24.3 Å². The number of benzene rings is 2. The Labute approximate surface area is 185 Å². The van der Waals surface area contributed by atoms with E-state index in [1.165, 1.54) is 36.4 Å². The number of ether oxygens (including phenoxy) is 1. The van der Waals surface area contributed by atoms with Crippen LogP contribution in [0.2, 0.25) is 5.02 Å². The van der Waals surface area contributed by atoms with Crippen LogP contribution in [0.5, 0.6) is 0 Å². The zero-order valence-corrected chi connectivity index (χ0v) is 17.9. The van der Waals surface area contributed by atoms with Gasteiger partial charge in [-0.2, -0.15) is 0 Å². The molecule has 2 aromatic rings. The fourth-order valence-electron chi connectivity index (χ4n) is 2.73. The summed E-state index contributed by atoms with van der Waals surface area (Å²) in [6, 6.07) is 12.6. The Morgan fingerprint density at radius 3 is 2.71 bits per heavy atom. The second-order valence-electron chi connectivity index (χ2n) is 6.61. The smallest absolute Gasteiger partial charge is 0.331 e. The maximum Gasteiger partial charge on any atom is 0.331 e. The quantitative estimate of drug-likeness (QED) is 0.486. The average molecular weight is 462 g/mol. The number of nitrogens with one attached hydrogen (secondary N) is 2. The van der Waals surface area contributed by atoms with E-state index >= 15 is 0 Å². The van der Waals surface area contributed by atoms with Crippen LogP contribution in [0.4, 0.5) is 5.69 Å². The second-order valence-corrected chi connectivity index (χ2v) is 8.73. The minimum Gasteiger partial charge on any atom is -0.452 e. The molecule has 0 saturated carbocycles. The van der Waals surface area contributed by atoms with Gasteiger partial charge in [0, 0.05) is 29.8 Å². The van der Waals surface area contributed by atoms with Crippen molar-refractivity contribution in [1.29, 1.82) is 0 Å². The molecule has 0 atom stereocenters. The van der Waals surface area contributed by atoms with Gasteiger partial charge in [-0.1, -0.05) is 29.8 Å². The van der Waals surface area contributed by atoms with Crippen molar-refractivity contribution >= 4 is 51.1 Å². The maximum absolute atomic E-state index is 12.5. The summed E-state index contributed by atoms with van der Waals surface area (Å²) < 4.78 is 32.3. The number of sulfonamides is 1. The van der Waals surface area contributed by atoms with Gasteiger partial charge >= 0.3 is 5.97 Å². The van der Waals surface area contributed by atoms with Gasteiger partial charge in [0.05, 0.1) is 4.90 Å². The Bertz CT molecular complexity index is 1150. The zero-order chi connectivity index (χ0) is 22.3. The van der Waals surface area contributed by atoms with Crippen molar-refractivity contribution < 1.29 is 22.7 Å². The summed E-state index contributed by atoms with van der Waals surface area (Å²) >= 11 is 5.87. The van der Waals surface area contributed by atoms with Gasteiger partial charge in [-0.3, -0.25) is 14.5 Å². The molecule has 1 heterocycles. The number of amides is 1. The first-order valence-electron chi connectivity index (χ1n) is 9.38. The van der Waals surface area contributed by atoms with Crippen molar-refractivity contribution in [2.24, 2.45) is 4.99 Å². The summed E-state index contributed by atoms with van der Waals surface area (Å²) in [4.78, 5) is 27.9. The van der Waals surface area contributed by atoms with Crippen LogP contribution in [-0.4, -0.2) is 39.3 Å². The summed E-state index contributed by atoms with van der Waals surface area (Å²) in [5, 5.41) is 3.04. The van der Waals surface area contributed by atoms with Crippen molar-refractivity contribution in [2.45, 2.75) is 17.7 Å². The minimum absolute atomic E-state index is 0.0126. The Morgan fingerprint density at radius 1 is 1.16 bits per heavy atom. The lowest BCUT2D eigenvalue weighted by Gasteiger charge is -2.10. The standard InChI is InChI=1S/C21H20ClN3O5S/c22-16-5-1-4-15(12-16)9-10-21(27)30-14-20(26)24-17-6-2-7-18(13-17)31(28,29)25-19-8-3-11-23-19/h1-2,4-7,9-10,12-13H,3,8,11,14H2,(H,23,25)(H,24,26)/b10-9+. The van der Waals surface area contributed by atoms with Gasteiger partial charge < -0.3 is 10.1 Å². The molecule has 2 aromatic carbocycles. The van der Waals surface area contributed by atoms with E-state index in [0.717, 1.165) is 6.42 Å². The van der Waals surface area contributed by atoms with E-state index in [1.807, 2.05) is 0 Å². The lowest BCUT2D eigenvalue weighted by Crippen LogP contribution is -2.29. The molecule has 0 saturated heterocycles. The molecule has 1 amide bonds. The highest BCUT2D eigenvalue weighted by Crippen LogP contribution is 2.16. The summed E-state index contributed by atoms with van der Waals surface area (Å²) in [5.41, 5.74) is 0.968. The van der Waals surface area contributed by atoms with Crippen molar-refractivity contribution in [3.8, 4) is 0 Å². The van der Waals surface area contributed by atoms with Gasteiger partial charge in [0.2, 0.25) is 0 Å². The molecule has 3 rings (SSSR count). The van der Waals surface area contributed by atoms with Crippen LogP contribution < -0.4 is 10.0 Å². The summed E-state index contributed by atoms with van der Waals surface area (Å²) in [5.74, 6) is -0.882. The first-order chi connectivity index (χ1) is 14.8. The monoisotopic (exact) mass is 461 g/mol. The van der Waals surface area contributed by atoms with Crippen LogP contribution >= 0.6 is 11.6 Å². The fraction of sp³-hybridized carbons (Fsp3) is 0.190. The van der Waals surface area contributed by atoms with E-state index in [-0.39, 0.29) is 10.6 Å². The van der Waals surface area contributed by atoms with Crippen molar-refractivity contribution in [2.75, 3.05) is 18.5 Å². The third-order valence-electron chi connectivity index (χ3n) is 4.16. The third kappa shape index (κ3) is 6.94. The number of amidine groups is 1. The van der Waals surface area contributed by atoms with Crippen molar-refractivity contribution in [3.63, 3.8) is 0 Å².